The molecule has 3 aromatic rings. The number of rotatable bonds is 6. The number of benzene rings is 1. The summed E-state index contributed by atoms with van der Waals surface area (Å²) in [6.45, 7) is 9.34. The van der Waals surface area contributed by atoms with E-state index in [2.05, 4.69) is 16.5 Å². The topological polar surface area (TPSA) is 47.4 Å². The van der Waals surface area contributed by atoms with Crippen LogP contribution in [0, 0.1) is 12.8 Å². The fraction of sp³-hybridized carbons (Fsp3) is 0.407. The Balaban J connectivity index is 1.60. The summed E-state index contributed by atoms with van der Waals surface area (Å²) in [5, 5.41) is 1.53. The van der Waals surface area contributed by atoms with E-state index < -0.39 is 11.9 Å². The van der Waals surface area contributed by atoms with E-state index in [4.69, 9.17) is 27.9 Å². The number of fused-ring (bicyclic) bond motifs is 1. The number of piperidine rings is 1. The minimum atomic E-state index is -4.53. The number of aryl methyl sites for hydroxylation is 2. The van der Waals surface area contributed by atoms with Crippen LogP contribution in [0.4, 0.5) is 13.2 Å². The van der Waals surface area contributed by atoms with E-state index in [1.807, 2.05) is 12.1 Å². The summed E-state index contributed by atoms with van der Waals surface area (Å²) in [4.78, 5) is 18.0. The summed E-state index contributed by atoms with van der Waals surface area (Å²) in [5.41, 5.74) is 2.66. The number of hydrogen-bond donors (Lipinski definition) is 0. The lowest BCUT2D eigenvalue weighted by Crippen LogP contribution is -2.35. The van der Waals surface area contributed by atoms with Gasteiger partial charge in [0, 0.05) is 53.9 Å². The van der Waals surface area contributed by atoms with Crippen molar-refractivity contribution in [3.05, 3.63) is 69.0 Å². The highest BCUT2D eigenvalue weighted by Gasteiger charge is 2.34. The average Bonchev–Trinajstić information content (AvgIpc) is 3.17. The molecule has 1 aliphatic rings. The van der Waals surface area contributed by atoms with Crippen molar-refractivity contribution in [1.29, 1.82) is 0 Å². The number of likely N-dealkylation sites (tertiary alicyclic amines) is 1. The predicted octanol–water partition coefficient (Wildman–Crippen LogP) is 7.04. The molecule has 3 heterocycles. The number of pyridine rings is 1. The minimum absolute atomic E-state index is 0.123. The summed E-state index contributed by atoms with van der Waals surface area (Å²) < 4.78 is 46.7. The number of ether oxygens (including phenoxy) is 1. The first-order valence-electron chi connectivity index (χ1n) is 12.0. The first kappa shape index (κ1) is 27.3. The van der Waals surface area contributed by atoms with Gasteiger partial charge in [-0.3, -0.25) is 4.79 Å². The number of esters is 1. The summed E-state index contributed by atoms with van der Waals surface area (Å²) in [7, 11) is 1.68. The van der Waals surface area contributed by atoms with Crippen LogP contribution in [0.5, 0.6) is 0 Å². The zero-order valence-electron chi connectivity index (χ0n) is 20.9. The van der Waals surface area contributed by atoms with Gasteiger partial charge in [-0.15, -0.1) is 0 Å². The van der Waals surface area contributed by atoms with E-state index in [9.17, 15) is 18.0 Å². The molecule has 1 fully saturated rings. The van der Waals surface area contributed by atoms with Crippen LogP contribution in [-0.2, 0) is 29.2 Å². The lowest BCUT2D eigenvalue weighted by atomic mass is 9.95. The number of halogens is 5. The molecule has 0 N–H and O–H groups in total. The van der Waals surface area contributed by atoms with E-state index in [0.717, 1.165) is 23.0 Å². The molecule has 198 valence electrons. The Morgan fingerprint density at radius 1 is 1.22 bits per heavy atom. The number of nitrogens with zero attached hydrogens (tertiary/aromatic N) is 3. The van der Waals surface area contributed by atoms with Gasteiger partial charge in [-0.2, -0.15) is 13.2 Å². The first-order chi connectivity index (χ1) is 17.4. The van der Waals surface area contributed by atoms with Gasteiger partial charge < -0.3 is 14.2 Å². The highest BCUT2D eigenvalue weighted by Crippen LogP contribution is 2.37. The molecule has 0 aliphatic carbocycles. The summed E-state index contributed by atoms with van der Waals surface area (Å²) in [5.74, 6) is -0.289. The highest BCUT2D eigenvalue weighted by atomic mass is 35.5. The Kier molecular flexibility index (Phi) is 7.81. The van der Waals surface area contributed by atoms with Gasteiger partial charge in [0.15, 0.2) is 0 Å². The van der Waals surface area contributed by atoms with E-state index in [1.54, 1.807) is 31.5 Å². The van der Waals surface area contributed by atoms with E-state index in [-0.39, 0.29) is 17.5 Å². The molecule has 0 amide bonds. The zero-order chi connectivity index (χ0) is 27.1. The fourth-order valence-electron chi connectivity index (χ4n) is 4.79. The van der Waals surface area contributed by atoms with Crippen molar-refractivity contribution in [2.24, 2.45) is 13.0 Å². The Morgan fingerprint density at radius 3 is 2.51 bits per heavy atom. The van der Waals surface area contributed by atoms with Crippen LogP contribution < -0.4 is 0 Å². The van der Waals surface area contributed by atoms with Crippen LogP contribution in [0.15, 0.2) is 30.8 Å². The van der Waals surface area contributed by atoms with E-state index in [1.165, 1.54) is 0 Å². The number of hydrogen-bond acceptors (Lipinski definition) is 4. The Bertz CT molecular complexity index is 1360. The maximum absolute atomic E-state index is 13.3. The Morgan fingerprint density at radius 2 is 1.89 bits per heavy atom. The average molecular weight is 554 g/mol. The molecule has 5 nitrogen and oxygen atoms in total. The molecule has 1 aromatic carbocycles. The molecule has 0 radical (unpaired) electrons. The molecule has 10 heteroatoms. The van der Waals surface area contributed by atoms with Crippen molar-refractivity contribution in [2.75, 3.05) is 19.7 Å². The molecule has 0 atom stereocenters. The molecule has 0 unspecified atom stereocenters. The SMILES string of the molecule is C=C(c1ccc(Cl)c(Cc2cc3c(C)cc(C(F)(F)F)nc3n2C)c1Cl)N1CCC(C(=O)OCC)CC1. The second-order valence-corrected chi connectivity index (χ2v) is 10.1. The van der Waals surface area contributed by atoms with Crippen molar-refractivity contribution in [3.63, 3.8) is 0 Å². The quantitative estimate of drug-likeness (QED) is 0.307. The van der Waals surface area contributed by atoms with Crippen LogP contribution in [-0.4, -0.2) is 40.1 Å². The van der Waals surface area contributed by atoms with Gasteiger partial charge in [0.25, 0.3) is 0 Å². The van der Waals surface area contributed by atoms with Crippen molar-refractivity contribution < 1.29 is 22.7 Å². The maximum atomic E-state index is 13.3. The van der Waals surface area contributed by atoms with Gasteiger partial charge in [-0.25, -0.2) is 4.98 Å². The highest BCUT2D eigenvalue weighted by molar-refractivity contribution is 6.37. The molecule has 0 saturated carbocycles. The number of aromatic nitrogens is 2. The van der Waals surface area contributed by atoms with Gasteiger partial charge >= 0.3 is 12.1 Å². The summed E-state index contributed by atoms with van der Waals surface area (Å²) >= 11 is 13.4. The molecule has 1 aliphatic heterocycles. The van der Waals surface area contributed by atoms with Crippen LogP contribution in [0.25, 0.3) is 16.7 Å². The minimum Gasteiger partial charge on any atom is -0.466 e. The Hall–Kier alpha value is -2.71. The third kappa shape index (κ3) is 5.46. The molecule has 0 spiro atoms. The van der Waals surface area contributed by atoms with E-state index >= 15 is 0 Å². The normalized spacial score (nSPS) is 14.9. The first-order valence-corrected chi connectivity index (χ1v) is 12.8. The van der Waals surface area contributed by atoms with Crippen LogP contribution >= 0.6 is 23.2 Å². The van der Waals surface area contributed by atoms with Crippen LogP contribution in [0.1, 0.15) is 47.8 Å². The standard InChI is InChI=1S/C27H28Cl2F3N3O2/c1-5-37-26(36)17-8-10-35(11-9-17)16(3)19-6-7-22(28)21(24(19)29)14-18-13-20-15(2)12-23(27(30,31)32)33-25(20)34(18)4/h6-7,12-13,17H,3,5,8-11,14H2,1-2,4H3. The second-order valence-electron chi connectivity index (χ2n) is 9.28. The Labute approximate surface area is 223 Å². The predicted molar refractivity (Wildman–Crippen MR) is 140 cm³/mol. The van der Waals surface area contributed by atoms with Gasteiger partial charge in [0.05, 0.1) is 17.5 Å². The van der Waals surface area contributed by atoms with Gasteiger partial charge in [0.2, 0.25) is 0 Å². The summed E-state index contributed by atoms with van der Waals surface area (Å²) in [6, 6.07) is 6.45. The third-order valence-electron chi connectivity index (χ3n) is 6.95. The van der Waals surface area contributed by atoms with Gasteiger partial charge in [-0.05, 0) is 62.1 Å². The maximum Gasteiger partial charge on any atom is 0.433 e. The second kappa shape index (κ2) is 10.6. The van der Waals surface area contributed by atoms with Crippen molar-refractivity contribution >= 4 is 45.9 Å². The number of carbonyl (C=O) groups excluding carboxylic acids is 1. The molecular formula is C27H28Cl2F3N3O2. The number of alkyl halides is 3. The lowest BCUT2D eigenvalue weighted by Gasteiger charge is -2.34. The van der Waals surface area contributed by atoms with Crippen molar-refractivity contribution in [1.82, 2.24) is 14.5 Å². The molecular weight excluding hydrogens is 526 g/mol. The van der Waals surface area contributed by atoms with Crippen molar-refractivity contribution in [3.8, 4) is 0 Å². The lowest BCUT2D eigenvalue weighted by molar-refractivity contribution is -0.149. The number of carbonyl (C=O) groups is 1. The molecule has 4 rings (SSSR count). The molecule has 2 aromatic heterocycles. The van der Waals surface area contributed by atoms with Gasteiger partial charge in [-0.1, -0.05) is 29.8 Å². The van der Waals surface area contributed by atoms with Crippen LogP contribution in [0.3, 0.4) is 0 Å². The largest absolute Gasteiger partial charge is 0.466 e. The molecule has 0 bridgehead atoms. The van der Waals surface area contributed by atoms with Gasteiger partial charge in [0.1, 0.15) is 11.3 Å². The van der Waals surface area contributed by atoms with Crippen molar-refractivity contribution in [2.45, 2.75) is 39.3 Å². The smallest absolute Gasteiger partial charge is 0.433 e. The summed E-state index contributed by atoms with van der Waals surface area (Å²) in [6.07, 6.45) is -2.90. The molecule has 37 heavy (non-hydrogen) atoms. The third-order valence-corrected chi connectivity index (χ3v) is 7.73. The zero-order valence-corrected chi connectivity index (χ0v) is 22.4. The molecule has 1 saturated heterocycles. The monoisotopic (exact) mass is 553 g/mol. The fourth-order valence-corrected chi connectivity index (χ4v) is 5.41. The van der Waals surface area contributed by atoms with Crippen LogP contribution in [0.2, 0.25) is 10.0 Å². The van der Waals surface area contributed by atoms with E-state index in [0.29, 0.717) is 65.5 Å².